The fraction of sp³-hybridized carbons (Fsp3) is 0.412. The van der Waals surface area contributed by atoms with E-state index in [1.807, 2.05) is 23.1 Å². The maximum absolute atomic E-state index is 12.6. The van der Waals surface area contributed by atoms with E-state index in [0.717, 1.165) is 18.5 Å². The zero-order valence-corrected chi connectivity index (χ0v) is 13.8. The molecule has 2 N–H and O–H groups in total. The molecule has 25 heavy (non-hydrogen) atoms. The highest BCUT2D eigenvalue weighted by atomic mass is 16.2. The molecule has 8 heteroatoms. The highest BCUT2D eigenvalue weighted by Gasteiger charge is 2.41. The molecule has 0 unspecified atom stereocenters. The molecule has 1 spiro atoms. The van der Waals surface area contributed by atoms with Crippen molar-refractivity contribution < 1.29 is 9.59 Å². The van der Waals surface area contributed by atoms with Gasteiger partial charge in [-0.1, -0.05) is 12.1 Å². The Morgan fingerprint density at radius 3 is 3.00 bits per heavy atom. The number of para-hydroxylation sites is 1. The molecule has 2 aromatic rings. The molecule has 0 radical (unpaired) electrons. The zero-order chi connectivity index (χ0) is 17.3. The summed E-state index contributed by atoms with van der Waals surface area (Å²) in [5, 5.41) is 10.5. The van der Waals surface area contributed by atoms with E-state index >= 15 is 0 Å². The van der Waals surface area contributed by atoms with Crippen LogP contribution in [-0.2, 0) is 11.3 Å². The van der Waals surface area contributed by atoms with Crippen LogP contribution in [0.25, 0.3) is 0 Å². The summed E-state index contributed by atoms with van der Waals surface area (Å²) in [5.74, 6) is -0.0317. The van der Waals surface area contributed by atoms with Gasteiger partial charge in [-0.3, -0.25) is 14.3 Å². The van der Waals surface area contributed by atoms with Crippen LogP contribution in [-0.4, -0.2) is 50.2 Å². The summed E-state index contributed by atoms with van der Waals surface area (Å²) in [5.41, 5.74) is 0.873. The first-order valence-corrected chi connectivity index (χ1v) is 8.45. The van der Waals surface area contributed by atoms with Crippen LogP contribution in [0, 0.1) is 0 Å². The largest absolute Gasteiger partial charge is 0.361 e. The van der Waals surface area contributed by atoms with Crippen molar-refractivity contribution in [1.29, 1.82) is 0 Å². The molecular formula is C17H20N6O2. The van der Waals surface area contributed by atoms with E-state index in [1.54, 1.807) is 17.1 Å². The highest BCUT2D eigenvalue weighted by Crippen LogP contribution is 2.30. The first kappa shape index (κ1) is 15.6. The number of nitrogens with one attached hydrogen (secondary N) is 2. The van der Waals surface area contributed by atoms with Crippen molar-refractivity contribution in [2.75, 3.05) is 18.4 Å². The number of amides is 2. The second-order valence-electron chi connectivity index (χ2n) is 6.53. The Bertz CT molecular complexity index is 790. The molecule has 2 aliphatic rings. The Morgan fingerprint density at radius 2 is 2.16 bits per heavy atom. The van der Waals surface area contributed by atoms with Gasteiger partial charge in [-0.2, -0.15) is 5.10 Å². The number of fused-ring (bicyclic) bond motifs is 1. The maximum atomic E-state index is 12.6. The molecule has 1 aromatic carbocycles. The molecule has 0 bridgehead atoms. The smallest absolute Gasteiger partial charge is 0.255 e. The number of benzene rings is 1. The summed E-state index contributed by atoms with van der Waals surface area (Å²) in [7, 11) is 0. The number of carbonyl (C=O) groups excluding carboxylic acids is 2. The van der Waals surface area contributed by atoms with Gasteiger partial charge in [-0.05, 0) is 25.0 Å². The Hall–Kier alpha value is -2.90. The van der Waals surface area contributed by atoms with Crippen molar-refractivity contribution in [3.63, 3.8) is 0 Å². The number of piperidine rings is 1. The van der Waals surface area contributed by atoms with Crippen LogP contribution in [0.2, 0.25) is 0 Å². The summed E-state index contributed by atoms with van der Waals surface area (Å²) in [6.07, 6.45) is 5.05. The van der Waals surface area contributed by atoms with Crippen molar-refractivity contribution in [3.8, 4) is 0 Å². The Morgan fingerprint density at radius 1 is 1.28 bits per heavy atom. The van der Waals surface area contributed by atoms with Crippen molar-refractivity contribution in [3.05, 3.63) is 42.5 Å². The Kier molecular flexibility index (Phi) is 3.87. The number of likely N-dealkylation sites (tertiary alicyclic amines) is 1. The predicted octanol–water partition coefficient (Wildman–Crippen LogP) is 0.842. The lowest BCUT2D eigenvalue weighted by atomic mass is 9.93. The summed E-state index contributed by atoms with van der Waals surface area (Å²) in [6, 6.07) is 7.45. The van der Waals surface area contributed by atoms with Gasteiger partial charge >= 0.3 is 0 Å². The van der Waals surface area contributed by atoms with Gasteiger partial charge in [-0.15, -0.1) is 0 Å². The fourth-order valence-corrected chi connectivity index (χ4v) is 3.55. The number of aromatic nitrogens is 3. The molecule has 8 nitrogen and oxygen atoms in total. The molecule has 3 heterocycles. The van der Waals surface area contributed by atoms with Crippen molar-refractivity contribution in [2.24, 2.45) is 0 Å². The van der Waals surface area contributed by atoms with E-state index in [4.69, 9.17) is 0 Å². The lowest BCUT2D eigenvalue weighted by Crippen LogP contribution is -2.66. The van der Waals surface area contributed by atoms with Gasteiger partial charge in [0.05, 0.1) is 18.7 Å². The molecule has 1 saturated heterocycles. The molecule has 2 aliphatic heterocycles. The predicted molar refractivity (Wildman–Crippen MR) is 90.7 cm³/mol. The van der Waals surface area contributed by atoms with Crippen LogP contribution in [0.5, 0.6) is 0 Å². The Labute approximate surface area is 145 Å². The molecule has 130 valence electrons. The molecule has 0 saturated carbocycles. The van der Waals surface area contributed by atoms with Crippen molar-refractivity contribution >= 4 is 17.5 Å². The average Bonchev–Trinajstić information content (AvgIpc) is 3.13. The van der Waals surface area contributed by atoms with Gasteiger partial charge in [0.25, 0.3) is 5.91 Å². The minimum atomic E-state index is -0.591. The molecule has 4 rings (SSSR count). The second-order valence-corrected chi connectivity index (χ2v) is 6.53. The van der Waals surface area contributed by atoms with Gasteiger partial charge < -0.3 is 15.5 Å². The van der Waals surface area contributed by atoms with E-state index < -0.39 is 5.66 Å². The first-order valence-electron chi connectivity index (χ1n) is 8.45. The van der Waals surface area contributed by atoms with E-state index in [9.17, 15) is 9.59 Å². The van der Waals surface area contributed by atoms with Crippen LogP contribution in [0.15, 0.2) is 36.9 Å². The third-order valence-electron chi connectivity index (χ3n) is 4.76. The normalized spacial score (nSPS) is 22.2. The quantitative estimate of drug-likeness (QED) is 0.864. The molecule has 1 atom stereocenters. The summed E-state index contributed by atoms with van der Waals surface area (Å²) in [4.78, 5) is 30.7. The van der Waals surface area contributed by atoms with Crippen LogP contribution < -0.4 is 10.6 Å². The minimum absolute atomic E-state index is 0.0597. The fourth-order valence-electron chi connectivity index (χ4n) is 3.55. The summed E-state index contributed by atoms with van der Waals surface area (Å²) in [6.45, 7) is 1.67. The monoisotopic (exact) mass is 340 g/mol. The number of hydrogen-bond acceptors (Lipinski definition) is 5. The van der Waals surface area contributed by atoms with Crippen LogP contribution in [0.3, 0.4) is 0 Å². The maximum Gasteiger partial charge on any atom is 0.255 e. The van der Waals surface area contributed by atoms with Gasteiger partial charge in [0.1, 0.15) is 18.3 Å². The minimum Gasteiger partial charge on any atom is -0.361 e. The van der Waals surface area contributed by atoms with E-state index in [0.29, 0.717) is 31.6 Å². The molecule has 1 aromatic heterocycles. The number of rotatable bonds is 3. The van der Waals surface area contributed by atoms with Gasteiger partial charge in [0.15, 0.2) is 0 Å². The lowest BCUT2D eigenvalue weighted by Gasteiger charge is -2.46. The van der Waals surface area contributed by atoms with E-state index in [2.05, 4.69) is 20.7 Å². The summed E-state index contributed by atoms with van der Waals surface area (Å²) < 4.78 is 1.65. The van der Waals surface area contributed by atoms with Crippen molar-refractivity contribution in [1.82, 2.24) is 25.0 Å². The standard InChI is InChI=1S/C17H20N6O2/c24-15(6-9-23-12-18-11-19-23)22-8-3-7-17(10-22)20-14-5-2-1-4-13(14)16(25)21-17/h1-2,4-5,11-12,20H,3,6-10H2,(H,21,25)/t17-/m1/s1. The van der Waals surface area contributed by atoms with E-state index in [-0.39, 0.29) is 11.8 Å². The number of hydrogen-bond donors (Lipinski definition) is 2. The van der Waals surface area contributed by atoms with Crippen LogP contribution in [0.4, 0.5) is 5.69 Å². The number of carbonyl (C=O) groups is 2. The third-order valence-corrected chi connectivity index (χ3v) is 4.76. The third kappa shape index (κ3) is 3.07. The molecule has 1 fully saturated rings. The van der Waals surface area contributed by atoms with Gasteiger partial charge in [0, 0.05) is 18.7 Å². The average molecular weight is 340 g/mol. The van der Waals surface area contributed by atoms with Gasteiger partial charge in [-0.25, -0.2) is 4.98 Å². The molecular weight excluding hydrogens is 320 g/mol. The molecule has 0 aliphatic carbocycles. The topological polar surface area (TPSA) is 92.2 Å². The lowest BCUT2D eigenvalue weighted by molar-refractivity contribution is -0.133. The SMILES string of the molecule is O=C1N[C@@]2(CCCN(C(=O)CCn3cncn3)C2)Nc2ccccc21. The molecule has 2 amide bonds. The Balaban J connectivity index is 1.46. The zero-order valence-electron chi connectivity index (χ0n) is 13.8. The highest BCUT2D eigenvalue weighted by molar-refractivity contribution is 6.02. The number of anilines is 1. The number of nitrogens with zero attached hydrogens (tertiary/aromatic N) is 4. The van der Waals surface area contributed by atoms with E-state index in [1.165, 1.54) is 6.33 Å². The van der Waals surface area contributed by atoms with Gasteiger partial charge in [0.2, 0.25) is 5.91 Å². The number of aryl methyl sites for hydroxylation is 1. The first-order chi connectivity index (χ1) is 12.2. The van der Waals surface area contributed by atoms with Crippen LogP contribution in [0.1, 0.15) is 29.6 Å². The second kappa shape index (κ2) is 6.19. The van der Waals surface area contributed by atoms with Crippen molar-refractivity contribution in [2.45, 2.75) is 31.5 Å². The summed E-state index contributed by atoms with van der Waals surface area (Å²) >= 11 is 0. The van der Waals surface area contributed by atoms with Crippen LogP contribution >= 0.6 is 0 Å².